The Morgan fingerprint density at radius 2 is 2.00 bits per heavy atom. The van der Waals surface area contributed by atoms with Crippen molar-refractivity contribution in [3.05, 3.63) is 29.3 Å². The Hall–Kier alpha value is -0.940. The third kappa shape index (κ3) is 4.38. The van der Waals surface area contributed by atoms with Gasteiger partial charge in [0, 0.05) is 6.54 Å². The Morgan fingerprint density at radius 1 is 1.22 bits per heavy atom. The van der Waals surface area contributed by atoms with Crippen molar-refractivity contribution in [2.24, 2.45) is 0 Å². The third-order valence-electron chi connectivity index (χ3n) is 2.72. The van der Waals surface area contributed by atoms with Crippen LogP contribution in [0.4, 0.5) is 13.2 Å². The number of fused-ring (bicyclic) bond motifs is 1. The molecule has 18 heavy (non-hydrogen) atoms. The van der Waals surface area contributed by atoms with E-state index in [1.54, 1.807) is 6.07 Å². The summed E-state index contributed by atoms with van der Waals surface area (Å²) < 4.78 is 40.9. The van der Waals surface area contributed by atoms with Crippen LogP contribution in [0, 0.1) is 0 Å². The van der Waals surface area contributed by atoms with E-state index in [0.29, 0.717) is 5.75 Å². The van der Waals surface area contributed by atoms with Gasteiger partial charge in [0.25, 0.3) is 0 Å². The van der Waals surface area contributed by atoms with E-state index in [2.05, 4.69) is 5.32 Å². The maximum atomic E-state index is 11.9. The molecule has 0 fully saturated rings. The fraction of sp³-hybridized carbons (Fsp3) is 0.500. The first kappa shape index (κ1) is 15.1. The van der Waals surface area contributed by atoms with Crippen LogP contribution in [-0.4, -0.2) is 19.3 Å². The zero-order valence-electron chi connectivity index (χ0n) is 9.72. The normalized spacial score (nSPS) is 14.6. The molecule has 1 aliphatic rings. The number of hydrogen-bond acceptors (Lipinski definition) is 2. The molecule has 0 saturated heterocycles. The molecule has 2 rings (SSSR count). The van der Waals surface area contributed by atoms with Crippen LogP contribution in [0.1, 0.15) is 17.5 Å². The predicted molar refractivity (Wildman–Crippen MR) is 65.3 cm³/mol. The van der Waals surface area contributed by atoms with Crippen molar-refractivity contribution < 1.29 is 17.9 Å². The van der Waals surface area contributed by atoms with Crippen molar-refractivity contribution in [3.8, 4) is 5.75 Å². The first-order valence-corrected chi connectivity index (χ1v) is 5.57. The lowest BCUT2D eigenvalue weighted by Crippen LogP contribution is -2.23. The van der Waals surface area contributed by atoms with Crippen LogP contribution in [0.2, 0.25) is 0 Å². The van der Waals surface area contributed by atoms with Crippen LogP contribution in [0.3, 0.4) is 0 Å². The van der Waals surface area contributed by atoms with Gasteiger partial charge in [0.15, 0.2) is 0 Å². The molecule has 0 unspecified atom stereocenters. The van der Waals surface area contributed by atoms with Crippen LogP contribution in [0.15, 0.2) is 18.2 Å². The van der Waals surface area contributed by atoms with E-state index in [9.17, 15) is 13.2 Å². The number of rotatable bonds is 3. The Bertz CT molecular complexity index is 395. The molecule has 0 radical (unpaired) electrons. The summed E-state index contributed by atoms with van der Waals surface area (Å²) >= 11 is 0. The molecule has 0 atom stereocenters. The monoisotopic (exact) mass is 281 g/mol. The Labute approximate surface area is 110 Å². The molecule has 0 bridgehead atoms. The summed E-state index contributed by atoms with van der Waals surface area (Å²) in [5.74, 6) is 0.523. The molecule has 2 nitrogen and oxygen atoms in total. The van der Waals surface area contributed by atoms with Gasteiger partial charge in [-0.1, -0.05) is 6.07 Å². The van der Waals surface area contributed by atoms with Gasteiger partial charge in [-0.15, -0.1) is 12.4 Å². The van der Waals surface area contributed by atoms with E-state index in [4.69, 9.17) is 4.74 Å². The van der Waals surface area contributed by atoms with E-state index in [0.717, 1.165) is 25.1 Å². The SMILES string of the molecule is Cl.FC(F)(F)CCOc1ccc2c(c1)CCNC2. The predicted octanol–water partition coefficient (Wildman–Crippen LogP) is 3.09. The van der Waals surface area contributed by atoms with Gasteiger partial charge in [0.2, 0.25) is 0 Å². The summed E-state index contributed by atoms with van der Waals surface area (Å²) in [6.07, 6.45) is -4.17. The maximum absolute atomic E-state index is 11.9. The van der Waals surface area contributed by atoms with Gasteiger partial charge < -0.3 is 10.1 Å². The quantitative estimate of drug-likeness (QED) is 0.919. The molecule has 0 aliphatic carbocycles. The minimum Gasteiger partial charge on any atom is -0.493 e. The number of alkyl halides is 3. The molecule has 0 aromatic heterocycles. The topological polar surface area (TPSA) is 21.3 Å². The molecule has 1 N–H and O–H groups in total. The molecule has 1 aromatic carbocycles. The molecule has 0 saturated carbocycles. The van der Waals surface area contributed by atoms with Gasteiger partial charge in [-0.2, -0.15) is 13.2 Å². The molecule has 6 heteroatoms. The second-order valence-corrected chi connectivity index (χ2v) is 4.07. The lowest BCUT2D eigenvalue weighted by atomic mass is 10.0. The van der Waals surface area contributed by atoms with E-state index in [-0.39, 0.29) is 19.0 Å². The highest BCUT2D eigenvalue weighted by atomic mass is 35.5. The fourth-order valence-corrected chi connectivity index (χ4v) is 1.83. The summed E-state index contributed by atoms with van der Waals surface area (Å²) in [6.45, 7) is 1.40. The molecule has 1 aromatic rings. The molecule has 1 aliphatic heterocycles. The van der Waals surface area contributed by atoms with Crippen LogP contribution >= 0.6 is 12.4 Å². The number of hydrogen-bond donors (Lipinski definition) is 1. The average Bonchev–Trinajstić information content (AvgIpc) is 2.27. The molecule has 0 amide bonds. The molecule has 1 heterocycles. The van der Waals surface area contributed by atoms with E-state index >= 15 is 0 Å². The fourth-order valence-electron chi connectivity index (χ4n) is 1.83. The maximum Gasteiger partial charge on any atom is 0.392 e. The Kier molecular flexibility index (Phi) is 5.28. The van der Waals surface area contributed by atoms with Crippen molar-refractivity contribution in [1.29, 1.82) is 0 Å². The highest BCUT2D eigenvalue weighted by Crippen LogP contribution is 2.23. The first-order valence-electron chi connectivity index (χ1n) is 5.57. The molecule has 0 spiro atoms. The number of nitrogens with one attached hydrogen (secondary N) is 1. The van der Waals surface area contributed by atoms with E-state index < -0.39 is 12.6 Å². The number of ether oxygens (including phenoxy) is 1. The van der Waals surface area contributed by atoms with Crippen molar-refractivity contribution in [1.82, 2.24) is 5.32 Å². The average molecular weight is 282 g/mol. The van der Waals surface area contributed by atoms with Gasteiger partial charge in [0.05, 0.1) is 13.0 Å². The smallest absolute Gasteiger partial charge is 0.392 e. The lowest BCUT2D eigenvalue weighted by molar-refractivity contribution is -0.139. The summed E-state index contributed by atoms with van der Waals surface area (Å²) in [6, 6.07) is 5.47. The van der Waals surface area contributed by atoms with Crippen LogP contribution < -0.4 is 10.1 Å². The highest BCUT2D eigenvalue weighted by Gasteiger charge is 2.26. The number of benzene rings is 1. The van der Waals surface area contributed by atoms with Crippen LogP contribution in [0.25, 0.3) is 0 Å². The second kappa shape index (κ2) is 6.29. The third-order valence-corrected chi connectivity index (χ3v) is 2.72. The minimum absolute atomic E-state index is 0. The zero-order valence-corrected chi connectivity index (χ0v) is 10.5. The largest absolute Gasteiger partial charge is 0.493 e. The molecular weight excluding hydrogens is 267 g/mol. The standard InChI is InChI=1S/C12H14F3NO.ClH/c13-12(14,15)4-6-17-11-2-1-10-8-16-5-3-9(10)7-11;/h1-2,7,16H,3-6,8H2;1H. The van der Waals surface area contributed by atoms with E-state index in [1.165, 1.54) is 5.56 Å². The Balaban J connectivity index is 0.00000162. The summed E-state index contributed by atoms with van der Waals surface area (Å²) in [7, 11) is 0. The van der Waals surface area contributed by atoms with Crippen molar-refractivity contribution in [2.75, 3.05) is 13.2 Å². The second-order valence-electron chi connectivity index (χ2n) is 4.07. The highest BCUT2D eigenvalue weighted by molar-refractivity contribution is 5.85. The summed E-state index contributed by atoms with van der Waals surface area (Å²) in [5, 5.41) is 3.23. The van der Waals surface area contributed by atoms with Gasteiger partial charge in [-0.25, -0.2) is 0 Å². The lowest BCUT2D eigenvalue weighted by Gasteiger charge is -2.18. The zero-order chi connectivity index (χ0) is 12.3. The first-order chi connectivity index (χ1) is 8.04. The molecular formula is C12H15ClF3NO. The summed E-state index contributed by atoms with van der Waals surface area (Å²) in [5.41, 5.74) is 2.35. The van der Waals surface area contributed by atoms with Crippen molar-refractivity contribution >= 4 is 12.4 Å². The molecule has 102 valence electrons. The number of halogens is 4. The van der Waals surface area contributed by atoms with Crippen LogP contribution in [0.5, 0.6) is 5.75 Å². The minimum atomic E-state index is -4.15. The summed E-state index contributed by atoms with van der Waals surface area (Å²) in [4.78, 5) is 0. The van der Waals surface area contributed by atoms with Gasteiger partial charge in [-0.05, 0) is 36.2 Å². The Morgan fingerprint density at radius 3 is 2.72 bits per heavy atom. The van der Waals surface area contributed by atoms with Gasteiger partial charge in [0.1, 0.15) is 5.75 Å². The van der Waals surface area contributed by atoms with Gasteiger partial charge in [-0.3, -0.25) is 0 Å². The van der Waals surface area contributed by atoms with Crippen molar-refractivity contribution in [3.63, 3.8) is 0 Å². The van der Waals surface area contributed by atoms with E-state index in [1.807, 2.05) is 12.1 Å². The van der Waals surface area contributed by atoms with Crippen molar-refractivity contribution in [2.45, 2.75) is 25.6 Å². The van der Waals surface area contributed by atoms with Crippen LogP contribution in [-0.2, 0) is 13.0 Å². The van der Waals surface area contributed by atoms with Gasteiger partial charge >= 0.3 is 6.18 Å².